The number of carbonyl (C=O) groups excluding carboxylic acids is 3. The Balaban J connectivity index is 1.12. The van der Waals surface area contributed by atoms with Crippen LogP contribution in [0.1, 0.15) is 115 Å². The van der Waals surface area contributed by atoms with E-state index in [0.717, 1.165) is 7.11 Å². The van der Waals surface area contributed by atoms with Crippen LogP contribution in [0, 0.1) is 0 Å². The SMILES string of the molecule is COC(=O)[C@@H]1c2cc3c(c(O)c2[C@@H](O[C@H]2C[C@H](N(C)C)[C@H](O[C@H]4C[C@H](O)[C@H](O[C@H]5CC[C@H](O)[C@H](C)O5)[C@H](C)O4)[C@H](C)O2)C[C@@]1(C)O)C(=O)c1c(O)cccc1C3=O. The summed E-state index contributed by atoms with van der Waals surface area (Å²) in [5.74, 6) is -4.63. The van der Waals surface area contributed by atoms with Gasteiger partial charge < -0.3 is 63.6 Å². The van der Waals surface area contributed by atoms with Gasteiger partial charge in [0.25, 0.3) is 0 Å². The molecule has 3 aliphatic heterocycles. The van der Waals surface area contributed by atoms with Crippen LogP contribution in [-0.2, 0) is 38.0 Å². The maximum absolute atomic E-state index is 13.9. The van der Waals surface area contributed by atoms with Gasteiger partial charge in [0.1, 0.15) is 29.6 Å². The fraction of sp³-hybridized carbons (Fsp3) is 0.634. The third-order valence-electron chi connectivity index (χ3n) is 12.1. The van der Waals surface area contributed by atoms with Crippen LogP contribution in [-0.4, -0.2) is 142 Å². The number of ether oxygens (including phenoxy) is 7. The summed E-state index contributed by atoms with van der Waals surface area (Å²) in [6, 6.07) is 5.09. The predicted molar refractivity (Wildman–Crippen MR) is 198 cm³/mol. The lowest BCUT2D eigenvalue weighted by Gasteiger charge is -2.48. The van der Waals surface area contributed by atoms with E-state index in [0.29, 0.717) is 12.8 Å². The van der Waals surface area contributed by atoms with Crippen molar-refractivity contribution < 1.29 is 73.1 Å². The highest BCUT2D eigenvalue weighted by Gasteiger charge is 2.52. The number of phenols is 2. The molecule has 0 bridgehead atoms. The van der Waals surface area contributed by atoms with Crippen LogP contribution in [0.5, 0.6) is 11.5 Å². The molecule has 16 heteroatoms. The summed E-state index contributed by atoms with van der Waals surface area (Å²) in [7, 11) is 4.91. The second-order valence-corrected chi connectivity index (χ2v) is 16.4. The van der Waals surface area contributed by atoms with Crippen LogP contribution < -0.4 is 0 Å². The fourth-order valence-corrected chi connectivity index (χ4v) is 9.16. The molecule has 57 heavy (non-hydrogen) atoms. The van der Waals surface area contributed by atoms with Gasteiger partial charge in [-0.1, -0.05) is 12.1 Å². The summed E-state index contributed by atoms with van der Waals surface area (Å²) >= 11 is 0. The van der Waals surface area contributed by atoms with Crippen molar-refractivity contribution in [2.24, 2.45) is 0 Å². The van der Waals surface area contributed by atoms with Crippen molar-refractivity contribution in [3.8, 4) is 11.5 Å². The molecule has 3 heterocycles. The van der Waals surface area contributed by atoms with Crippen LogP contribution >= 0.6 is 0 Å². The number of aliphatic hydroxyl groups is 3. The lowest BCUT2D eigenvalue weighted by atomic mass is 9.68. The quantitative estimate of drug-likeness (QED) is 0.207. The zero-order valence-electron chi connectivity index (χ0n) is 33.1. The molecule has 3 fully saturated rings. The molecule has 2 aliphatic carbocycles. The second-order valence-electron chi connectivity index (χ2n) is 16.4. The minimum Gasteiger partial charge on any atom is -0.507 e. The van der Waals surface area contributed by atoms with Gasteiger partial charge in [-0.2, -0.15) is 0 Å². The van der Waals surface area contributed by atoms with Gasteiger partial charge in [-0.25, -0.2) is 0 Å². The molecular weight excluding hydrogens is 746 g/mol. The van der Waals surface area contributed by atoms with E-state index < -0.39 is 108 Å². The first kappa shape index (κ1) is 41.6. The van der Waals surface area contributed by atoms with Crippen LogP contribution in [0.3, 0.4) is 0 Å². The molecular formula is C41H53NO15. The van der Waals surface area contributed by atoms with Crippen molar-refractivity contribution >= 4 is 17.5 Å². The number of aromatic hydroxyl groups is 2. The number of hydrogen-bond donors (Lipinski definition) is 5. The highest BCUT2D eigenvalue weighted by atomic mass is 16.7. The number of phenolic OH excluding ortho intramolecular Hbond substituents is 2. The number of benzene rings is 2. The number of aliphatic hydroxyl groups excluding tert-OH is 2. The molecule has 3 saturated heterocycles. The number of ketones is 2. The molecule has 0 radical (unpaired) electrons. The van der Waals surface area contributed by atoms with Crippen LogP contribution in [0.15, 0.2) is 24.3 Å². The Morgan fingerprint density at radius 1 is 0.825 bits per heavy atom. The molecule has 2 aromatic rings. The Bertz CT molecular complexity index is 1870. The van der Waals surface area contributed by atoms with Gasteiger partial charge in [0.05, 0.1) is 60.5 Å². The van der Waals surface area contributed by atoms with Crippen LogP contribution in [0.2, 0.25) is 0 Å². The Morgan fingerprint density at radius 2 is 1.47 bits per heavy atom. The van der Waals surface area contributed by atoms with Gasteiger partial charge >= 0.3 is 5.97 Å². The van der Waals surface area contributed by atoms with Crippen molar-refractivity contribution in [1.29, 1.82) is 0 Å². The summed E-state index contributed by atoms with van der Waals surface area (Å²) < 4.78 is 42.6. The molecule has 16 nitrogen and oxygen atoms in total. The van der Waals surface area contributed by atoms with Crippen molar-refractivity contribution in [2.75, 3.05) is 21.2 Å². The van der Waals surface area contributed by atoms with E-state index in [2.05, 4.69) is 0 Å². The zero-order chi connectivity index (χ0) is 41.2. The third kappa shape index (κ3) is 7.61. The smallest absolute Gasteiger partial charge is 0.316 e. The van der Waals surface area contributed by atoms with Gasteiger partial charge in [0.2, 0.25) is 5.78 Å². The second kappa shape index (κ2) is 15.9. The number of esters is 1. The molecule has 5 N–H and O–H groups in total. The molecule has 14 atom stereocenters. The van der Waals surface area contributed by atoms with Crippen molar-refractivity contribution in [1.82, 2.24) is 4.90 Å². The molecule has 0 unspecified atom stereocenters. The lowest BCUT2D eigenvalue weighted by Crippen LogP contribution is -2.58. The normalized spacial score (nSPS) is 38.0. The zero-order valence-corrected chi connectivity index (χ0v) is 33.1. The Labute approximate surface area is 330 Å². The van der Waals surface area contributed by atoms with Gasteiger partial charge in [-0.3, -0.25) is 14.4 Å². The number of methoxy groups -OCH3 is 1. The standard InChI is InChI=1S/C41H53NO15/c1-17-24(43)11-12-28(52-17)56-39-19(3)54-30(15-26(39)45)57-38-18(2)53-29(14-23(38)42(5)6)55-27-16-41(4,50)34(40(49)51-7)21-13-22-33(37(48)32(21)27)36(47)31-20(35(22)46)9-8-10-25(31)44/h8-10,13,17-19,23-24,26-30,34,38-39,43-45,48,50H,11-12,14-16H2,1-7H3/t17-,18-,19-,23-,24-,26-,27-,28-,29-,30-,34-,38+,39+,41+/m0/s1. The largest absolute Gasteiger partial charge is 0.507 e. The monoisotopic (exact) mass is 799 g/mol. The minimum absolute atomic E-state index is 0.0198. The number of nitrogens with zero attached hydrogens (tertiary/aromatic N) is 1. The van der Waals surface area contributed by atoms with Gasteiger partial charge in [-0.05, 0) is 65.9 Å². The number of likely N-dealkylation sites (N-methyl/N-ethyl adjacent to an activating group) is 1. The summed E-state index contributed by atoms with van der Waals surface area (Å²) in [4.78, 5) is 42.8. The minimum atomic E-state index is -1.80. The third-order valence-corrected chi connectivity index (χ3v) is 12.1. The predicted octanol–water partition coefficient (Wildman–Crippen LogP) is 2.56. The molecule has 0 saturated carbocycles. The maximum Gasteiger partial charge on any atom is 0.316 e. The summed E-state index contributed by atoms with van der Waals surface area (Å²) in [5, 5.41) is 55.5. The fourth-order valence-electron chi connectivity index (χ4n) is 9.16. The Kier molecular flexibility index (Phi) is 11.6. The van der Waals surface area contributed by atoms with Crippen LogP contribution in [0.4, 0.5) is 0 Å². The van der Waals surface area contributed by atoms with Gasteiger partial charge in [0.15, 0.2) is 24.7 Å². The molecule has 312 valence electrons. The van der Waals surface area contributed by atoms with E-state index in [-0.39, 0.29) is 58.7 Å². The van der Waals surface area contributed by atoms with E-state index in [1.165, 1.54) is 31.2 Å². The number of hydrogen-bond acceptors (Lipinski definition) is 16. The molecule has 5 aliphatic rings. The first-order valence-electron chi connectivity index (χ1n) is 19.5. The average molecular weight is 800 g/mol. The number of carbonyl (C=O) groups is 3. The summed E-state index contributed by atoms with van der Waals surface area (Å²) in [5.41, 5.74) is -2.56. The van der Waals surface area contributed by atoms with E-state index in [4.69, 9.17) is 33.2 Å². The van der Waals surface area contributed by atoms with Gasteiger partial charge in [-0.15, -0.1) is 0 Å². The Hall–Kier alpha value is -3.55. The topological polar surface area (TPSA) is 220 Å². The van der Waals surface area contributed by atoms with E-state index in [1.807, 2.05) is 25.9 Å². The number of rotatable bonds is 8. The van der Waals surface area contributed by atoms with E-state index in [9.17, 15) is 39.9 Å². The average Bonchev–Trinajstić information content (AvgIpc) is 3.13. The first-order valence-corrected chi connectivity index (χ1v) is 19.5. The van der Waals surface area contributed by atoms with Crippen LogP contribution in [0.25, 0.3) is 0 Å². The number of fused-ring (bicyclic) bond motifs is 3. The molecule has 0 aromatic heterocycles. The summed E-state index contributed by atoms with van der Waals surface area (Å²) in [6.07, 6.45) is -6.61. The van der Waals surface area contributed by atoms with E-state index >= 15 is 0 Å². The van der Waals surface area contributed by atoms with Crippen molar-refractivity contribution in [3.63, 3.8) is 0 Å². The molecule has 7 rings (SSSR count). The Morgan fingerprint density at radius 3 is 2.12 bits per heavy atom. The molecule has 0 spiro atoms. The summed E-state index contributed by atoms with van der Waals surface area (Å²) in [6.45, 7) is 6.81. The molecule has 0 amide bonds. The maximum atomic E-state index is 13.9. The highest BCUT2D eigenvalue weighted by molar-refractivity contribution is 6.30. The van der Waals surface area contributed by atoms with Crippen molar-refractivity contribution in [3.05, 3.63) is 57.6 Å². The van der Waals surface area contributed by atoms with Gasteiger partial charge in [0, 0.05) is 48.4 Å². The first-order chi connectivity index (χ1) is 26.9. The lowest BCUT2D eigenvalue weighted by molar-refractivity contribution is -0.328. The molecule has 2 aromatic carbocycles. The van der Waals surface area contributed by atoms with E-state index in [1.54, 1.807) is 13.8 Å². The highest BCUT2D eigenvalue weighted by Crippen LogP contribution is 2.53. The van der Waals surface area contributed by atoms with Crippen molar-refractivity contribution in [2.45, 2.75) is 145 Å².